The van der Waals surface area contributed by atoms with Crippen molar-refractivity contribution in [1.29, 1.82) is 0 Å². The van der Waals surface area contributed by atoms with Gasteiger partial charge in [-0.1, -0.05) is 17.7 Å². The number of aryl methyl sites for hydroxylation is 2. The quantitative estimate of drug-likeness (QED) is 0.699. The van der Waals surface area contributed by atoms with E-state index in [-0.39, 0.29) is 17.9 Å². The molecule has 0 aliphatic carbocycles. The lowest BCUT2D eigenvalue weighted by Crippen LogP contribution is -2.18. The van der Waals surface area contributed by atoms with E-state index in [2.05, 4.69) is 10.3 Å². The number of H-pyrrole nitrogens is 1. The van der Waals surface area contributed by atoms with Gasteiger partial charge < -0.3 is 19.8 Å². The van der Waals surface area contributed by atoms with Crippen molar-refractivity contribution in [3.05, 3.63) is 62.9 Å². The van der Waals surface area contributed by atoms with Crippen LogP contribution < -0.4 is 20.3 Å². The molecule has 2 aromatic carbocycles. The maximum Gasteiger partial charge on any atom is 0.251 e. The van der Waals surface area contributed by atoms with Gasteiger partial charge in [0.25, 0.3) is 5.56 Å². The molecule has 1 aliphatic heterocycles. The number of pyridine rings is 1. The van der Waals surface area contributed by atoms with Gasteiger partial charge in [0.15, 0.2) is 11.5 Å². The summed E-state index contributed by atoms with van der Waals surface area (Å²) < 4.78 is 11.1. The van der Waals surface area contributed by atoms with Crippen LogP contribution in [0.4, 0.5) is 5.69 Å². The number of ether oxygens (including phenoxy) is 2. The number of fused-ring (bicyclic) bond motifs is 2. The SMILES string of the molecule is Cc1ccc(NC(=O)CCc2cc3cc4c(cc3[nH]c2=O)OCCO4)cc1Cl. The second-order valence-corrected chi connectivity index (χ2v) is 7.13. The van der Waals surface area contributed by atoms with Gasteiger partial charge in [0.1, 0.15) is 13.2 Å². The normalized spacial score (nSPS) is 12.8. The maximum atomic E-state index is 12.4. The van der Waals surface area contributed by atoms with Crippen molar-refractivity contribution in [1.82, 2.24) is 4.98 Å². The van der Waals surface area contributed by atoms with Crippen molar-refractivity contribution >= 4 is 34.1 Å². The number of aromatic amines is 1. The highest BCUT2D eigenvalue weighted by molar-refractivity contribution is 6.31. The summed E-state index contributed by atoms with van der Waals surface area (Å²) in [6, 6.07) is 10.8. The van der Waals surface area contributed by atoms with E-state index in [9.17, 15) is 9.59 Å². The van der Waals surface area contributed by atoms with Crippen molar-refractivity contribution in [3.63, 3.8) is 0 Å². The first kappa shape index (κ1) is 18.4. The molecule has 28 heavy (non-hydrogen) atoms. The van der Waals surface area contributed by atoms with Crippen molar-refractivity contribution in [2.75, 3.05) is 18.5 Å². The number of hydrogen-bond donors (Lipinski definition) is 2. The number of nitrogens with one attached hydrogen (secondary N) is 2. The van der Waals surface area contributed by atoms with Gasteiger partial charge >= 0.3 is 0 Å². The third-order valence-electron chi connectivity index (χ3n) is 4.66. The molecule has 1 aliphatic rings. The average molecular weight is 399 g/mol. The third kappa shape index (κ3) is 3.82. The molecule has 6 nitrogen and oxygen atoms in total. The summed E-state index contributed by atoms with van der Waals surface area (Å²) in [6.07, 6.45) is 0.510. The highest BCUT2D eigenvalue weighted by Crippen LogP contribution is 2.33. The molecule has 0 atom stereocenters. The Morgan fingerprint density at radius 2 is 1.89 bits per heavy atom. The Morgan fingerprint density at radius 1 is 1.14 bits per heavy atom. The molecule has 2 N–H and O–H groups in total. The Bertz CT molecular complexity index is 1120. The zero-order valence-corrected chi connectivity index (χ0v) is 16.1. The van der Waals surface area contributed by atoms with Gasteiger partial charge in [-0.25, -0.2) is 0 Å². The lowest BCUT2D eigenvalue weighted by atomic mass is 10.1. The monoisotopic (exact) mass is 398 g/mol. The first-order valence-corrected chi connectivity index (χ1v) is 9.39. The fourth-order valence-corrected chi connectivity index (χ4v) is 3.30. The number of halogens is 1. The number of carbonyl (C=O) groups is 1. The van der Waals surface area contributed by atoms with Crippen molar-refractivity contribution < 1.29 is 14.3 Å². The van der Waals surface area contributed by atoms with Gasteiger partial charge in [-0.05, 0) is 43.2 Å². The van der Waals surface area contributed by atoms with Crippen LogP contribution in [-0.2, 0) is 11.2 Å². The van der Waals surface area contributed by atoms with E-state index in [0.29, 0.717) is 52.9 Å². The molecule has 0 saturated heterocycles. The van der Waals surface area contributed by atoms with Gasteiger partial charge in [-0.3, -0.25) is 9.59 Å². The lowest BCUT2D eigenvalue weighted by Gasteiger charge is -2.18. The Morgan fingerprint density at radius 3 is 2.64 bits per heavy atom. The predicted octanol–water partition coefficient (Wildman–Crippen LogP) is 3.83. The maximum absolute atomic E-state index is 12.4. The van der Waals surface area contributed by atoms with Crippen LogP contribution in [0.15, 0.2) is 41.2 Å². The number of benzene rings is 2. The highest BCUT2D eigenvalue weighted by atomic mass is 35.5. The summed E-state index contributed by atoms with van der Waals surface area (Å²) in [5, 5.41) is 4.24. The molecule has 0 fully saturated rings. The predicted molar refractivity (Wildman–Crippen MR) is 109 cm³/mol. The van der Waals surface area contributed by atoms with Crippen LogP contribution in [0.5, 0.6) is 11.5 Å². The summed E-state index contributed by atoms with van der Waals surface area (Å²) >= 11 is 6.08. The first-order chi connectivity index (χ1) is 13.5. The number of amides is 1. The molecule has 0 unspecified atom stereocenters. The topological polar surface area (TPSA) is 80.4 Å². The Balaban J connectivity index is 1.49. The molecule has 0 bridgehead atoms. The number of anilines is 1. The summed E-state index contributed by atoms with van der Waals surface area (Å²) in [4.78, 5) is 27.5. The minimum atomic E-state index is -0.213. The van der Waals surface area contributed by atoms with Gasteiger partial charge in [0, 0.05) is 34.1 Å². The molecule has 144 valence electrons. The van der Waals surface area contributed by atoms with Crippen LogP contribution in [0.25, 0.3) is 10.9 Å². The lowest BCUT2D eigenvalue weighted by molar-refractivity contribution is -0.116. The third-order valence-corrected chi connectivity index (χ3v) is 5.07. The Hall–Kier alpha value is -2.99. The van der Waals surface area contributed by atoms with E-state index in [1.54, 1.807) is 24.3 Å². The Labute approximate surface area is 166 Å². The summed E-state index contributed by atoms with van der Waals surface area (Å²) in [5.41, 5.74) is 2.59. The molecule has 0 saturated carbocycles. The second kappa shape index (κ2) is 7.56. The molecule has 1 amide bonds. The van der Waals surface area contributed by atoms with Crippen LogP contribution in [0, 0.1) is 6.92 Å². The van der Waals surface area contributed by atoms with Crippen LogP contribution in [-0.4, -0.2) is 24.1 Å². The molecule has 0 spiro atoms. The molecule has 3 aromatic rings. The zero-order chi connectivity index (χ0) is 19.7. The molecular formula is C21H19ClN2O4. The van der Waals surface area contributed by atoms with E-state index in [0.717, 1.165) is 10.9 Å². The van der Waals surface area contributed by atoms with Crippen LogP contribution in [0.3, 0.4) is 0 Å². The fourth-order valence-electron chi connectivity index (χ4n) is 3.12. The average Bonchev–Trinajstić information content (AvgIpc) is 2.68. The van der Waals surface area contributed by atoms with Crippen LogP contribution in [0.2, 0.25) is 5.02 Å². The van der Waals surface area contributed by atoms with Crippen molar-refractivity contribution in [2.24, 2.45) is 0 Å². The van der Waals surface area contributed by atoms with Gasteiger partial charge in [0.05, 0.1) is 5.52 Å². The largest absolute Gasteiger partial charge is 0.486 e. The van der Waals surface area contributed by atoms with Crippen molar-refractivity contribution in [3.8, 4) is 11.5 Å². The van der Waals surface area contributed by atoms with E-state index < -0.39 is 0 Å². The van der Waals surface area contributed by atoms with Gasteiger partial charge in [-0.2, -0.15) is 0 Å². The number of aromatic nitrogens is 1. The molecule has 7 heteroatoms. The molecular weight excluding hydrogens is 380 g/mol. The molecule has 2 heterocycles. The minimum Gasteiger partial charge on any atom is -0.486 e. The number of hydrogen-bond acceptors (Lipinski definition) is 4. The zero-order valence-electron chi connectivity index (χ0n) is 15.3. The standard InChI is InChI=1S/C21H19ClN2O4/c1-12-2-4-15(10-16(12)22)23-20(25)5-3-13-8-14-9-18-19(28-7-6-27-18)11-17(14)24-21(13)26/h2,4,8-11H,3,5-7H2,1H3,(H,23,25)(H,24,26). The fraction of sp³-hybridized carbons (Fsp3) is 0.238. The minimum absolute atomic E-state index is 0.179. The Kier molecular flexibility index (Phi) is 4.96. The summed E-state index contributed by atoms with van der Waals surface area (Å²) in [6.45, 7) is 2.88. The van der Waals surface area contributed by atoms with E-state index in [4.69, 9.17) is 21.1 Å². The van der Waals surface area contributed by atoms with E-state index >= 15 is 0 Å². The molecule has 4 rings (SSSR count). The van der Waals surface area contributed by atoms with E-state index in [1.165, 1.54) is 0 Å². The number of carbonyl (C=O) groups excluding carboxylic acids is 1. The number of rotatable bonds is 4. The summed E-state index contributed by atoms with van der Waals surface area (Å²) in [7, 11) is 0. The highest BCUT2D eigenvalue weighted by Gasteiger charge is 2.14. The van der Waals surface area contributed by atoms with Crippen LogP contribution in [0.1, 0.15) is 17.5 Å². The van der Waals surface area contributed by atoms with Crippen molar-refractivity contribution in [2.45, 2.75) is 19.8 Å². The molecule has 1 aromatic heterocycles. The first-order valence-electron chi connectivity index (χ1n) is 9.01. The van der Waals surface area contributed by atoms with Crippen LogP contribution >= 0.6 is 11.6 Å². The van der Waals surface area contributed by atoms with E-state index in [1.807, 2.05) is 19.1 Å². The van der Waals surface area contributed by atoms with Gasteiger partial charge in [0.2, 0.25) is 5.91 Å². The molecule has 0 radical (unpaired) electrons. The second-order valence-electron chi connectivity index (χ2n) is 6.72. The van der Waals surface area contributed by atoms with Gasteiger partial charge in [-0.15, -0.1) is 0 Å². The summed E-state index contributed by atoms with van der Waals surface area (Å²) in [5.74, 6) is 1.10. The smallest absolute Gasteiger partial charge is 0.251 e.